The first-order valence-corrected chi connectivity index (χ1v) is 10.5. The van der Waals surface area contributed by atoms with Crippen LogP contribution in [0.2, 0.25) is 0 Å². The summed E-state index contributed by atoms with van der Waals surface area (Å²) in [4.78, 5) is 17.8. The van der Waals surface area contributed by atoms with Gasteiger partial charge in [-0.1, -0.05) is 38.1 Å². The molecule has 1 atom stereocenters. The minimum Gasteiger partial charge on any atom is -0.497 e. The Balaban J connectivity index is 1.92. The lowest BCUT2D eigenvalue weighted by Crippen LogP contribution is -2.56. The van der Waals surface area contributed by atoms with Crippen LogP contribution in [0.15, 0.2) is 48.5 Å². The number of amides is 1. The highest BCUT2D eigenvalue weighted by atomic mass is 16.5. The average molecular weight is 395 g/mol. The molecule has 0 N–H and O–H groups in total. The maximum atomic E-state index is 13.2. The van der Waals surface area contributed by atoms with Gasteiger partial charge < -0.3 is 9.64 Å². The molecule has 2 aromatic carbocycles. The highest BCUT2D eigenvalue weighted by molar-refractivity contribution is 5.94. The van der Waals surface area contributed by atoms with Crippen molar-refractivity contribution >= 4 is 5.91 Å². The van der Waals surface area contributed by atoms with E-state index in [1.807, 2.05) is 29.2 Å². The van der Waals surface area contributed by atoms with Crippen molar-refractivity contribution < 1.29 is 9.53 Å². The summed E-state index contributed by atoms with van der Waals surface area (Å²) in [7, 11) is 1.64. The van der Waals surface area contributed by atoms with E-state index in [1.54, 1.807) is 7.11 Å². The van der Waals surface area contributed by atoms with Crippen molar-refractivity contribution in [2.45, 2.75) is 52.1 Å². The maximum absolute atomic E-state index is 13.2. The van der Waals surface area contributed by atoms with Crippen LogP contribution in [0.25, 0.3) is 0 Å². The van der Waals surface area contributed by atoms with Crippen LogP contribution in [0.3, 0.4) is 0 Å². The van der Waals surface area contributed by atoms with E-state index in [1.165, 1.54) is 11.1 Å². The molecule has 29 heavy (non-hydrogen) atoms. The number of methoxy groups -OCH3 is 1. The third-order valence-electron chi connectivity index (χ3n) is 5.84. The van der Waals surface area contributed by atoms with Gasteiger partial charge in [-0.15, -0.1) is 0 Å². The topological polar surface area (TPSA) is 32.8 Å². The van der Waals surface area contributed by atoms with Gasteiger partial charge in [-0.2, -0.15) is 0 Å². The first kappa shape index (κ1) is 21.4. The lowest BCUT2D eigenvalue weighted by molar-refractivity contribution is 0.00949. The second-order valence-corrected chi connectivity index (χ2v) is 9.14. The van der Waals surface area contributed by atoms with Gasteiger partial charge in [0.25, 0.3) is 5.91 Å². The minimum absolute atomic E-state index is 0.0318. The second kappa shape index (κ2) is 8.58. The number of piperazine rings is 1. The van der Waals surface area contributed by atoms with Crippen LogP contribution in [-0.4, -0.2) is 48.0 Å². The lowest BCUT2D eigenvalue weighted by Gasteiger charge is -2.48. The summed E-state index contributed by atoms with van der Waals surface area (Å²) in [5.41, 5.74) is 3.45. The predicted octanol–water partition coefficient (Wildman–Crippen LogP) is 5.12. The molecular weight excluding hydrogens is 360 g/mol. The molecule has 2 aromatic rings. The molecule has 156 valence electrons. The Morgan fingerprint density at radius 3 is 2.28 bits per heavy atom. The van der Waals surface area contributed by atoms with Crippen LogP contribution in [0.1, 0.15) is 68.1 Å². The number of hydrogen-bond donors (Lipinski definition) is 0. The quantitative estimate of drug-likeness (QED) is 0.722. The fraction of sp³-hybridized carbons (Fsp3) is 0.480. The normalized spacial score (nSPS) is 18.2. The zero-order chi connectivity index (χ0) is 21.2. The summed E-state index contributed by atoms with van der Waals surface area (Å²) in [6.07, 6.45) is 0. The number of ether oxygens (including phenoxy) is 1. The molecule has 0 aromatic heterocycles. The lowest BCUT2D eigenvalue weighted by atomic mass is 9.88. The maximum Gasteiger partial charge on any atom is 0.253 e. The van der Waals surface area contributed by atoms with E-state index < -0.39 is 0 Å². The van der Waals surface area contributed by atoms with Crippen LogP contribution in [0, 0.1) is 0 Å². The van der Waals surface area contributed by atoms with Gasteiger partial charge in [-0.25, -0.2) is 0 Å². The molecule has 1 amide bonds. The van der Waals surface area contributed by atoms with Gasteiger partial charge in [0.1, 0.15) is 5.75 Å². The van der Waals surface area contributed by atoms with E-state index in [0.29, 0.717) is 18.0 Å². The number of nitrogens with zero attached hydrogens (tertiary/aromatic N) is 2. The highest BCUT2D eigenvalue weighted by Crippen LogP contribution is 2.36. The molecule has 1 unspecified atom stereocenters. The van der Waals surface area contributed by atoms with Crippen molar-refractivity contribution in [3.05, 3.63) is 65.2 Å². The fourth-order valence-electron chi connectivity index (χ4n) is 4.29. The zero-order valence-electron chi connectivity index (χ0n) is 18.6. The highest BCUT2D eigenvalue weighted by Gasteiger charge is 2.37. The summed E-state index contributed by atoms with van der Waals surface area (Å²) in [5.74, 6) is 1.30. The summed E-state index contributed by atoms with van der Waals surface area (Å²) < 4.78 is 5.22. The monoisotopic (exact) mass is 394 g/mol. The molecule has 0 saturated carbocycles. The van der Waals surface area contributed by atoms with Gasteiger partial charge in [0, 0.05) is 30.7 Å². The van der Waals surface area contributed by atoms with Gasteiger partial charge in [-0.3, -0.25) is 9.69 Å². The molecule has 0 bridgehead atoms. The van der Waals surface area contributed by atoms with Gasteiger partial charge in [0.15, 0.2) is 0 Å². The molecule has 0 aliphatic carbocycles. The SMILES string of the molecule is COc1ccc(C(=O)N2CCN(C(C)(C)C)C(c3ccccc3C(C)C)C2)cc1. The first-order valence-electron chi connectivity index (χ1n) is 10.5. The van der Waals surface area contributed by atoms with Gasteiger partial charge in [-0.05, 0) is 62.1 Å². The summed E-state index contributed by atoms with van der Waals surface area (Å²) in [5, 5.41) is 0. The van der Waals surface area contributed by atoms with E-state index in [2.05, 4.69) is 63.8 Å². The van der Waals surface area contributed by atoms with Crippen molar-refractivity contribution in [3.8, 4) is 5.75 Å². The molecule has 4 heteroatoms. The molecule has 1 fully saturated rings. The third kappa shape index (κ3) is 4.64. The van der Waals surface area contributed by atoms with E-state index in [0.717, 1.165) is 18.8 Å². The average Bonchev–Trinajstić information content (AvgIpc) is 2.72. The van der Waals surface area contributed by atoms with Gasteiger partial charge in [0.05, 0.1) is 13.2 Å². The van der Waals surface area contributed by atoms with E-state index in [4.69, 9.17) is 4.74 Å². The number of benzene rings is 2. The molecule has 0 spiro atoms. The Kier molecular flexibility index (Phi) is 6.33. The minimum atomic E-state index is 0.0318. The van der Waals surface area contributed by atoms with Crippen molar-refractivity contribution in [3.63, 3.8) is 0 Å². The van der Waals surface area contributed by atoms with Crippen LogP contribution in [-0.2, 0) is 0 Å². The summed E-state index contributed by atoms with van der Waals surface area (Å²) >= 11 is 0. The van der Waals surface area contributed by atoms with Gasteiger partial charge >= 0.3 is 0 Å². The number of carbonyl (C=O) groups is 1. The van der Waals surface area contributed by atoms with Crippen molar-refractivity contribution in [2.24, 2.45) is 0 Å². The smallest absolute Gasteiger partial charge is 0.253 e. The second-order valence-electron chi connectivity index (χ2n) is 9.14. The van der Waals surface area contributed by atoms with Gasteiger partial charge in [0.2, 0.25) is 0 Å². The number of hydrogen-bond acceptors (Lipinski definition) is 3. The Hall–Kier alpha value is -2.33. The third-order valence-corrected chi connectivity index (χ3v) is 5.84. The van der Waals surface area contributed by atoms with Crippen LogP contribution in [0.4, 0.5) is 0 Å². The largest absolute Gasteiger partial charge is 0.497 e. The van der Waals surface area contributed by atoms with E-state index in [9.17, 15) is 4.79 Å². The van der Waals surface area contributed by atoms with E-state index >= 15 is 0 Å². The zero-order valence-corrected chi connectivity index (χ0v) is 18.6. The van der Waals surface area contributed by atoms with Crippen molar-refractivity contribution in [1.29, 1.82) is 0 Å². The Morgan fingerprint density at radius 1 is 1.03 bits per heavy atom. The Morgan fingerprint density at radius 2 is 1.69 bits per heavy atom. The fourth-order valence-corrected chi connectivity index (χ4v) is 4.29. The van der Waals surface area contributed by atoms with Crippen LogP contribution < -0.4 is 4.74 Å². The van der Waals surface area contributed by atoms with E-state index in [-0.39, 0.29) is 17.5 Å². The Labute approximate surface area is 175 Å². The molecular formula is C25H34N2O2. The molecule has 1 aliphatic rings. The molecule has 0 radical (unpaired) electrons. The van der Waals surface area contributed by atoms with Crippen molar-refractivity contribution in [1.82, 2.24) is 9.80 Å². The summed E-state index contributed by atoms with van der Waals surface area (Å²) in [6, 6.07) is 16.3. The summed E-state index contributed by atoms with van der Waals surface area (Å²) in [6.45, 7) is 13.6. The van der Waals surface area contributed by atoms with Crippen molar-refractivity contribution in [2.75, 3.05) is 26.7 Å². The molecule has 1 saturated heterocycles. The molecule has 1 aliphatic heterocycles. The number of rotatable bonds is 4. The van der Waals surface area contributed by atoms with Crippen LogP contribution >= 0.6 is 0 Å². The number of carbonyl (C=O) groups excluding carboxylic acids is 1. The Bertz CT molecular complexity index is 837. The molecule has 3 rings (SSSR count). The molecule has 1 heterocycles. The predicted molar refractivity (Wildman–Crippen MR) is 119 cm³/mol. The first-order chi connectivity index (χ1) is 13.7. The van der Waals surface area contributed by atoms with Crippen LogP contribution in [0.5, 0.6) is 5.75 Å². The standard InChI is InChI=1S/C25H34N2O2/c1-18(2)21-9-7-8-10-22(21)23-17-26(15-16-27(23)25(3,4)5)24(28)19-11-13-20(29-6)14-12-19/h7-14,18,23H,15-17H2,1-6H3. The molecule has 4 nitrogen and oxygen atoms in total.